The third-order valence-corrected chi connectivity index (χ3v) is 6.31. The van der Waals surface area contributed by atoms with Crippen LogP contribution in [0.3, 0.4) is 0 Å². The van der Waals surface area contributed by atoms with Crippen LogP contribution in [0.2, 0.25) is 0 Å². The van der Waals surface area contributed by atoms with Crippen LogP contribution >= 0.6 is 0 Å². The van der Waals surface area contributed by atoms with Crippen LogP contribution < -0.4 is 0 Å². The van der Waals surface area contributed by atoms with Gasteiger partial charge in [0.15, 0.2) is 6.10 Å². The van der Waals surface area contributed by atoms with Gasteiger partial charge in [-0.1, -0.05) is 78.0 Å². The van der Waals surface area contributed by atoms with Crippen LogP contribution in [0.25, 0.3) is 22.8 Å². The summed E-state index contributed by atoms with van der Waals surface area (Å²) in [6.07, 6.45) is -0.553. The van der Waals surface area contributed by atoms with E-state index in [0.717, 1.165) is 36.3 Å². The van der Waals surface area contributed by atoms with E-state index in [1.54, 1.807) is 7.11 Å². The molecule has 0 spiro atoms. The van der Waals surface area contributed by atoms with Crippen LogP contribution in [0.15, 0.2) is 89.5 Å². The van der Waals surface area contributed by atoms with Crippen LogP contribution in [0.5, 0.6) is 0 Å². The molecule has 1 aliphatic heterocycles. The van der Waals surface area contributed by atoms with Gasteiger partial charge in [0.05, 0.1) is 0 Å². The molecule has 1 amide bonds. The molecule has 3 aromatic carbocycles. The molecule has 0 aliphatic carbocycles. The monoisotopic (exact) mass is 468 g/mol. The third kappa shape index (κ3) is 5.31. The van der Waals surface area contributed by atoms with Gasteiger partial charge in [0.25, 0.3) is 11.8 Å². The second kappa shape index (κ2) is 10.6. The van der Waals surface area contributed by atoms with E-state index in [1.165, 1.54) is 5.56 Å². The summed E-state index contributed by atoms with van der Waals surface area (Å²) in [5, 5.41) is 4.13. The molecular formula is C28H28N4O3. The number of hydrogen-bond acceptors (Lipinski definition) is 6. The Bertz CT molecular complexity index is 1230. The molecule has 7 nitrogen and oxygen atoms in total. The van der Waals surface area contributed by atoms with E-state index in [0.29, 0.717) is 24.8 Å². The molecule has 1 atom stereocenters. The maximum absolute atomic E-state index is 13.0. The maximum Gasteiger partial charge on any atom is 0.258 e. The lowest BCUT2D eigenvalue weighted by Gasteiger charge is -2.36. The van der Waals surface area contributed by atoms with Crippen molar-refractivity contribution in [1.82, 2.24) is 19.9 Å². The zero-order valence-corrected chi connectivity index (χ0v) is 19.7. The minimum atomic E-state index is -0.553. The number of benzene rings is 3. The quantitative estimate of drug-likeness (QED) is 0.400. The van der Waals surface area contributed by atoms with Gasteiger partial charge in [0.1, 0.15) is 0 Å². The zero-order chi connectivity index (χ0) is 24.0. The van der Waals surface area contributed by atoms with Gasteiger partial charge in [-0.15, -0.1) is 0 Å². The van der Waals surface area contributed by atoms with Crippen molar-refractivity contribution in [2.45, 2.75) is 12.6 Å². The van der Waals surface area contributed by atoms with Gasteiger partial charge < -0.3 is 14.2 Å². The van der Waals surface area contributed by atoms with Gasteiger partial charge in [-0.3, -0.25) is 9.69 Å². The molecule has 1 aliphatic rings. The lowest BCUT2D eigenvalue weighted by atomic mass is 10.1. The first-order valence-corrected chi connectivity index (χ1v) is 11.8. The van der Waals surface area contributed by atoms with E-state index in [2.05, 4.69) is 27.2 Å². The van der Waals surface area contributed by atoms with Crippen molar-refractivity contribution < 1.29 is 14.1 Å². The number of ether oxygens (including phenoxy) is 1. The van der Waals surface area contributed by atoms with Gasteiger partial charge in [0, 0.05) is 51.0 Å². The number of hydrogen-bond donors (Lipinski definition) is 0. The van der Waals surface area contributed by atoms with Gasteiger partial charge in [-0.25, -0.2) is 0 Å². The van der Waals surface area contributed by atoms with Crippen molar-refractivity contribution >= 4 is 5.91 Å². The number of rotatable bonds is 7. The van der Waals surface area contributed by atoms with E-state index in [-0.39, 0.29) is 5.91 Å². The summed E-state index contributed by atoms with van der Waals surface area (Å²) < 4.78 is 11.0. The highest BCUT2D eigenvalue weighted by Crippen LogP contribution is 2.23. The minimum Gasteiger partial charge on any atom is -0.367 e. The summed E-state index contributed by atoms with van der Waals surface area (Å²) in [5.74, 6) is 1.12. The van der Waals surface area contributed by atoms with E-state index < -0.39 is 6.10 Å². The van der Waals surface area contributed by atoms with Crippen molar-refractivity contribution in [3.63, 3.8) is 0 Å². The Labute approximate surface area is 204 Å². The summed E-state index contributed by atoms with van der Waals surface area (Å²) in [7, 11) is 1.59. The number of amides is 1. The predicted molar refractivity (Wildman–Crippen MR) is 133 cm³/mol. The highest BCUT2D eigenvalue weighted by atomic mass is 16.5. The van der Waals surface area contributed by atoms with Crippen molar-refractivity contribution in [2.24, 2.45) is 0 Å². The summed E-state index contributed by atoms with van der Waals surface area (Å²) in [4.78, 5) is 21.8. The summed E-state index contributed by atoms with van der Waals surface area (Å²) in [6.45, 7) is 3.85. The second-order valence-electron chi connectivity index (χ2n) is 8.61. The molecule has 0 saturated carbocycles. The fourth-order valence-corrected chi connectivity index (χ4v) is 4.36. The number of aromatic nitrogens is 2. The number of carbonyl (C=O) groups is 1. The Kier molecular flexibility index (Phi) is 6.97. The largest absolute Gasteiger partial charge is 0.367 e. The number of methoxy groups -OCH3 is 1. The predicted octanol–water partition coefficient (Wildman–Crippen LogP) is 4.44. The van der Waals surface area contributed by atoms with Crippen LogP contribution in [0.1, 0.15) is 17.2 Å². The normalized spacial score (nSPS) is 15.2. The molecule has 0 radical (unpaired) electrons. The first-order chi connectivity index (χ1) is 17.2. The van der Waals surface area contributed by atoms with E-state index in [4.69, 9.17) is 9.26 Å². The van der Waals surface area contributed by atoms with Crippen LogP contribution in [-0.2, 0) is 16.1 Å². The van der Waals surface area contributed by atoms with Gasteiger partial charge in [-0.05, 0) is 23.3 Å². The Morgan fingerprint density at radius 3 is 2.20 bits per heavy atom. The van der Waals surface area contributed by atoms with E-state index in [9.17, 15) is 4.79 Å². The third-order valence-electron chi connectivity index (χ3n) is 6.31. The lowest BCUT2D eigenvalue weighted by molar-refractivity contribution is -0.144. The smallest absolute Gasteiger partial charge is 0.258 e. The molecule has 0 bridgehead atoms. The topological polar surface area (TPSA) is 71.7 Å². The van der Waals surface area contributed by atoms with Crippen LogP contribution in [-0.4, -0.2) is 59.1 Å². The molecule has 7 heteroatoms. The van der Waals surface area contributed by atoms with Gasteiger partial charge >= 0.3 is 0 Å². The van der Waals surface area contributed by atoms with Crippen molar-refractivity contribution in [3.8, 4) is 22.8 Å². The van der Waals surface area contributed by atoms with E-state index in [1.807, 2.05) is 77.7 Å². The molecular weight excluding hydrogens is 440 g/mol. The molecule has 0 N–H and O–H groups in total. The average Bonchev–Trinajstić information content (AvgIpc) is 3.42. The minimum absolute atomic E-state index is 0.0256. The van der Waals surface area contributed by atoms with Crippen molar-refractivity contribution in [2.75, 3.05) is 33.3 Å². The number of piperazine rings is 1. The summed E-state index contributed by atoms with van der Waals surface area (Å²) >= 11 is 0. The highest BCUT2D eigenvalue weighted by molar-refractivity contribution is 5.82. The average molecular weight is 469 g/mol. The molecule has 178 valence electrons. The van der Waals surface area contributed by atoms with Crippen LogP contribution in [0.4, 0.5) is 0 Å². The Morgan fingerprint density at radius 2 is 1.54 bits per heavy atom. The molecule has 1 saturated heterocycles. The first kappa shape index (κ1) is 23.0. The Hall–Kier alpha value is -3.81. The molecule has 35 heavy (non-hydrogen) atoms. The lowest BCUT2D eigenvalue weighted by Crippen LogP contribution is -2.49. The highest BCUT2D eigenvalue weighted by Gasteiger charge is 2.28. The van der Waals surface area contributed by atoms with Crippen LogP contribution in [0, 0.1) is 0 Å². The standard InChI is InChI=1S/C28H28N4O3/c1-34-25(22-8-4-2-5-9-22)28(33)32-18-16-31(17-19-32)20-21-12-14-23(15-13-21)26-29-27(35-30-26)24-10-6-3-7-11-24/h2-15,25H,16-20H2,1H3. The molecule has 5 rings (SSSR count). The summed E-state index contributed by atoms with van der Waals surface area (Å²) in [6, 6.07) is 27.7. The van der Waals surface area contributed by atoms with E-state index >= 15 is 0 Å². The van der Waals surface area contributed by atoms with Gasteiger partial charge in [-0.2, -0.15) is 4.98 Å². The number of nitrogens with zero attached hydrogens (tertiary/aromatic N) is 4. The van der Waals surface area contributed by atoms with Crippen molar-refractivity contribution in [1.29, 1.82) is 0 Å². The van der Waals surface area contributed by atoms with Gasteiger partial charge in [0.2, 0.25) is 5.82 Å². The molecule has 1 aromatic heterocycles. The fourth-order valence-electron chi connectivity index (χ4n) is 4.36. The Morgan fingerprint density at radius 1 is 0.886 bits per heavy atom. The molecule has 4 aromatic rings. The van der Waals surface area contributed by atoms with Crippen molar-refractivity contribution in [3.05, 3.63) is 96.1 Å². The summed E-state index contributed by atoms with van der Waals surface area (Å²) in [5.41, 5.74) is 3.92. The first-order valence-electron chi connectivity index (χ1n) is 11.8. The molecule has 1 fully saturated rings. The Balaban J connectivity index is 1.16. The molecule has 2 heterocycles. The SMILES string of the molecule is COC(C(=O)N1CCN(Cc2ccc(-c3noc(-c4ccccc4)n3)cc2)CC1)c1ccccc1. The zero-order valence-electron chi connectivity index (χ0n) is 19.7. The fraction of sp³-hybridized carbons (Fsp3) is 0.250. The maximum atomic E-state index is 13.0. The second-order valence-corrected chi connectivity index (χ2v) is 8.61. The number of carbonyl (C=O) groups excluding carboxylic acids is 1. The molecule has 1 unspecified atom stereocenters.